The highest BCUT2D eigenvalue weighted by molar-refractivity contribution is 5.79. The minimum Gasteiger partial charge on any atom is -0.493 e. The fourth-order valence-electron chi connectivity index (χ4n) is 5.85. The van der Waals surface area contributed by atoms with Gasteiger partial charge >= 0.3 is 0 Å². The van der Waals surface area contributed by atoms with Crippen molar-refractivity contribution in [3.8, 4) is 11.5 Å². The second-order valence-corrected chi connectivity index (χ2v) is 9.79. The maximum atomic E-state index is 13.3. The van der Waals surface area contributed by atoms with Gasteiger partial charge in [0.05, 0.1) is 26.8 Å². The number of hydrogen-bond donors (Lipinski definition) is 0. The summed E-state index contributed by atoms with van der Waals surface area (Å²) in [5.41, 5.74) is 1.14. The summed E-state index contributed by atoms with van der Waals surface area (Å²) in [7, 11) is 3.32. The second kappa shape index (κ2) is 11.4. The minimum absolute atomic E-state index is 0.136. The number of nitrogens with zero attached hydrogens (tertiary/aromatic N) is 3. The first-order chi connectivity index (χ1) is 15.7. The lowest BCUT2D eigenvalue weighted by Gasteiger charge is -2.30. The fourth-order valence-corrected chi connectivity index (χ4v) is 5.85. The van der Waals surface area contributed by atoms with E-state index in [1.54, 1.807) is 14.2 Å². The Labute approximate surface area is 193 Å². The standard InChI is InChI=1S/C26H41N3O3/c1-31-24-12-11-22(18-25(24)32-2)23-10-6-15-29(23)26(30)20-28-14-7-13-27(16-17-28)19-21-8-4-3-5-9-21/h11-12,18,21,23H,3-10,13-17,19-20H2,1-2H3. The van der Waals surface area contributed by atoms with Crippen LogP contribution in [0.3, 0.4) is 0 Å². The Balaban J connectivity index is 1.32. The van der Waals surface area contributed by atoms with Gasteiger partial charge in [0.1, 0.15) is 0 Å². The molecule has 1 aliphatic carbocycles. The van der Waals surface area contributed by atoms with Crippen molar-refractivity contribution < 1.29 is 14.3 Å². The third kappa shape index (κ3) is 5.76. The van der Waals surface area contributed by atoms with E-state index in [0.29, 0.717) is 6.54 Å². The van der Waals surface area contributed by atoms with E-state index < -0.39 is 0 Å². The number of carbonyl (C=O) groups is 1. The number of carbonyl (C=O) groups excluding carboxylic acids is 1. The summed E-state index contributed by atoms with van der Waals surface area (Å²) < 4.78 is 10.9. The Hall–Kier alpha value is -1.79. The lowest BCUT2D eigenvalue weighted by molar-refractivity contribution is -0.133. The molecular formula is C26H41N3O3. The van der Waals surface area contributed by atoms with Gasteiger partial charge in [-0.1, -0.05) is 25.3 Å². The summed E-state index contributed by atoms with van der Waals surface area (Å²) in [6.45, 7) is 6.97. The molecule has 0 radical (unpaired) electrons. The number of hydrogen-bond acceptors (Lipinski definition) is 5. The summed E-state index contributed by atoms with van der Waals surface area (Å²) in [4.78, 5) is 20.4. The van der Waals surface area contributed by atoms with Crippen molar-refractivity contribution in [2.24, 2.45) is 5.92 Å². The molecule has 3 fully saturated rings. The molecule has 2 saturated heterocycles. The van der Waals surface area contributed by atoms with Crippen LogP contribution < -0.4 is 9.47 Å². The highest BCUT2D eigenvalue weighted by Crippen LogP contribution is 2.37. The van der Waals surface area contributed by atoms with Gasteiger partial charge in [-0.15, -0.1) is 0 Å². The first kappa shape index (κ1) is 23.4. The zero-order valence-corrected chi connectivity index (χ0v) is 20.1. The van der Waals surface area contributed by atoms with Gasteiger partial charge in [0, 0.05) is 26.2 Å². The topological polar surface area (TPSA) is 45.2 Å². The number of likely N-dealkylation sites (tertiary alicyclic amines) is 1. The van der Waals surface area contributed by atoms with E-state index in [9.17, 15) is 4.79 Å². The normalized spacial score (nSPS) is 23.8. The zero-order valence-electron chi connectivity index (χ0n) is 20.1. The van der Waals surface area contributed by atoms with Crippen molar-refractivity contribution in [3.63, 3.8) is 0 Å². The van der Waals surface area contributed by atoms with Crippen LogP contribution >= 0.6 is 0 Å². The van der Waals surface area contributed by atoms with Crippen molar-refractivity contribution in [2.45, 2.75) is 57.4 Å². The van der Waals surface area contributed by atoms with Crippen LogP contribution in [0.5, 0.6) is 11.5 Å². The Morgan fingerprint density at radius 1 is 0.844 bits per heavy atom. The molecule has 1 atom stereocenters. The van der Waals surface area contributed by atoms with Gasteiger partial charge < -0.3 is 19.3 Å². The summed E-state index contributed by atoms with van der Waals surface area (Å²) >= 11 is 0. The second-order valence-electron chi connectivity index (χ2n) is 9.79. The van der Waals surface area contributed by atoms with E-state index in [2.05, 4.69) is 20.8 Å². The van der Waals surface area contributed by atoms with E-state index in [1.165, 1.54) is 51.6 Å². The summed E-state index contributed by atoms with van der Waals surface area (Å²) in [5, 5.41) is 0. The molecule has 2 aliphatic heterocycles. The quantitative estimate of drug-likeness (QED) is 0.638. The maximum Gasteiger partial charge on any atom is 0.237 e. The average Bonchev–Trinajstić information content (AvgIpc) is 3.22. The SMILES string of the molecule is COc1ccc(C2CCCN2C(=O)CN2CCCN(CC3CCCCC3)CC2)cc1OC. The van der Waals surface area contributed by atoms with Gasteiger partial charge in [-0.2, -0.15) is 0 Å². The predicted molar refractivity (Wildman–Crippen MR) is 127 cm³/mol. The molecule has 1 aromatic rings. The molecular weight excluding hydrogens is 402 g/mol. The van der Waals surface area contributed by atoms with Gasteiger partial charge in [0.2, 0.25) is 5.91 Å². The lowest BCUT2D eigenvalue weighted by atomic mass is 9.89. The number of ether oxygens (including phenoxy) is 2. The number of amides is 1. The molecule has 1 amide bonds. The molecule has 0 bridgehead atoms. The van der Waals surface area contributed by atoms with Crippen molar-refractivity contribution in [3.05, 3.63) is 23.8 Å². The van der Waals surface area contributed by atoms with Crippen LogP contribution in [0.1, 0.15) is 63.0 Å². The summed E-state index contributed by atoms with van der Waals surface area (Å²) in [5.74, 6) is 2.62. The van der Waals surface area contributed by atoms with Crippen molar-refractivity contribution in [1.82, 2.24) is 14.7 Å². The van der Waals surface area contributed by atoms with Gasteiger partial charge in [-0.3, -0.25) is 9.69 Å². The molecule has 0 spiro atoms. The van der Waals surface area contributed by atoms with Gasteiger partial charge in [0.25, 0.3) is 0 Å². The van der Waals surface area contributed by atoms with Gasteiger partial charge in [-0.05, 0) is 68.8 Å². The van der Waals surface area contributed by atoms with Crippen molar-refractivity contribution in [2.75, 3.05) is 60.0 Å². The van der Waals surface area contributed by atoms with E-state index in [4.69, 9.17) is 9.47 Å². The fraction of sp³-hybridized carbons (Fsp3) is 0.731. The lowest BCUT2D eigenvalue weighted by Crippen LogP contribution is -2.41. The molecule has 32 heavy (non-hydrogen) atoms. The Kier molecular flexibility index (Phi) is 8.31. The number of benzene rings is 1. The molecule has 6 heteroatoms. The van der Waals surface area contributed by atoms with E-state index in [-0.39, 0.29) is 11.9 Å². The highest BCUT2D eigenvalue weighted by atomic mass is 16.5. The van der Waals surface area contributed by atoms with Crippen LogP contribution in [0, 0.1) is 5.92 Å². The Morgan fingerprint density at radius 2 is 1.59 bits per heavy atom. The molecule has 1 aromatic carbocycles. The number of methoxy groups -OCH3 is 2. The van der Waals surface area contributed by atoms with Crippen LogP contribution in [-0.2, 0) is 4.79 Å². The summed E-state index contributed by atoms with van der Waals surface area (Å²) in [6, 6.07) is 6.19. The smallest absolute Gasteiger partial charge is 0.237 e. The first-order valence-electron chi connectivity index (χ1n) is 12.6. The third-order valence-corrected chi connectivity index (χ3v) is 7.65. The van der Waals surface area contributed by atoms with Gasteiger partial charge in [0.15, 0.2) is 11.5 Å². The molecule has 0 aromatic heterocycles. The third-order valence-electron chi connectivity index (χ3n) is 7.65. The Morgan fingerprint density at radius 3 is 2.38 bits per heavy atom. The van der Waals surface area contributed by atoms with Crippen LogP contribution in [-0.4, -0.2) is 80.6 Å². The van der Waals surface area contributed by atoms with E-state index >= 15 is 0 Å². The first-order valence-corrected chi connectivity index (χ1v) is 12.6. The number of rotatable bonds is 7. The largest absolute Gasteiger partial charge is 0.493 e. The highest BCUT2D eigenvalue weighted by Gasteiger charge is 2.31. The maximum absolute atomic E-state index is 13.3. The molecule has 178 valence electrons. The zero-order chi connectivity index (χ0) is 22.3. The van der Waals surface area contributed by atoms with Crippen LogP contribution in [0.25, 0.3) is 0 Å². The molecule has 6 nitrogen and oxygen atoms in total. The molecule has 2 heterocycles. The molecule has 0 N–H and O–H groups in total. The average molecular weight is 444 g/mol. The van der Waals surface area contributed by atoms with E-state index in [1.807, 2.05) is 12.1 Å². The van der Waals surface area contributed by atoms with Crippen LogP contribution in [0.4, 0.5) is 0 Å². The Bertz CT molecular complexity index is 750. The molecule has 1 unspecified atom stereocenters. The van der Waals surface area contributed by atoms with Crippen LogP contribution in [0.2, 0.25) is 0 Å². The monoisotopic (exact) mass is 443 g/mol. The molecule has 3 aliphatic rings. The van der Waals surface area contributed by atoms with Crippen LogP contribution in [0.15, 0.2) is 18.2 Å². The van der Waals surface area contributed by atoms with Crippen molar-refractivity contribution >= 4 is 5.91 Å². The van der Waals surface area contributed by atoms with Gasteiger partial charge in [-0.25, -0.2) is 0 Å². The van der Waals surface area contributed by atoms with E-state index in [0.717, 1.165) is 62.0 Å². The predicted octanol–water partition coefficient (Wildman–Crippen LogP) is 3.96. The minimum atomic E-state index is 0.136. The molecule has 1 saturated carbocycles. The summed E-state index contributed by atoms with van der Waals surface area (Å²) in [6.07, 6.45) is 10.3. The molecule has 4 rings (SSSR count). The van der Waals surface area contributed by atoms with Crippen molar-refractivity contribution in [1.29, 1.82) is 0 Å².